The lowest BCUT2D eigenvalue weighted by atomic mass is 10.1. The van der Waals surface area contributed by atoms with Gasteiger partial charge in [-0.2, -0.15) is 0 Å². The van der Waals surface area contributed by atoms with Crippen molar-refractivity contribution in [1.29, 1.82) is 0 Å². The van der Waals surface area contributed by atoms with Crippen LogP contribution in [0.2, 0.25) is 0 Å². The number of rotatable bonds is 7. The maximum Gasteiger partial charge on any atom is 0.239 e. The molecule has 3 rings (SSSR count). The molecule has 136 valence electrons. The minimum absolute atomic E-state index is 0.138. The fourth-order valence-corrected chi connectivity index (χ4v) is 3.32. The van der Waals surface area contributed by atoms with Gasteiger partial charge < -0.3 is 15.0 Å². The highest BCUT2D eigenvalue weighted by atomic mass is 79.9. The molecule has 0 aromatic heterocycles. The van der Waals surface area contributed by atoms with Crippen molar-refractivity contribution in [2.45, 2.75) is 12.8 Å². The summed E-state index contributed by atoms with van der Waals surface area (Å²) in [7, 11) is 0. The lowest BCUT2D eigenvalue weighted by molar-refractivity contribution is -0.132. The molecule has 2 aromatic rings. The van der Waals surface area contributed by atoms with Crippen LogP contribution in [0.5, 0.6) is 5.75 Å². The molecule has 0 bridgehead atoms. The van der Waals surface area contributed by atoms with Crippen LogP contribution in [0.25, 0.3) is 0 Å². The van der Waals surface area contributed by atoms with Gasteiger partial charge in [0, 0.05) is 23.2 Å². The van der Waals surface area contributed by atoms with Crippen molar-refractivity contribution in [2.24, 2.45) is 5.92 Å². The van der Waals surface area contributed by atoms with Crippen molar-refractivity contribution in [3.8, 4) is 5.75 Å². The van der Waals surface area contributed by atoms with Crippen molar-refractivity contribution in [3.63, 3.8) is 0 Å². The summed E-state index contributed by atoms with van der Waals surface area (Å²) in [6.07, 6.45) is 1.23. The number of carbonyl (C=O) groups excluding carboxylic acids is 2. The molecule has 1 heterocycles. The summed E-state index contributed by atoms with van der Waals surface area (Å²) in [5.41, 5.74) is 0.816. The number of hydrogen-bond acceptors (Lipinski definition) is 3. The van der Waals surface area contributed by atoms with Gasteiger partial charge in [0.05, 0.1) is 6.61 Å². The first kappa shape index (κ1) is 18.5. The lowest BCUT2D eigenvalue weighted by Crippen LogP contribution is -2.37. The summed E-state index contributed by atoms with van der Waals surface area (Å²) in [6, 6.07) is 17.1. The van der Waals surface area contributed by atoms with Crippen molar-refractivity contribution in [3.05, 3.63) is 59.1 Å². The smallest absolute Gasteiger partial charge is 0.239 e. The van der Waals surface area contributed by atoms with E-state index in [1.54, 1.807) is 4.90 Å². The SMILES string of the molecule is O=C(NCCCOc1ccccc1)C1CCN(c2cccc(Br)c2)C1=O. The second-order valence-corrected chi connectivity index (χ2v) is 7.03. The Bertz CT molecular complexity index is 767. The molecule has 1 aliphatic heterocycles. The van der Waals surface area contributed by atoms with Crippen LogP contribution < -0.4 is 15.0 Å². The Balaban J connectivity index is 1.43. The Morgan fingerprint density at radius 2 is 2.00 bits per heavy atom. The second kappa shape index (κ2) is 8.85. The van der Waals surface area contributed by atoms with E-state index in [0.29, 0.717) is 32.5 Å². The molecule has 1 aliphatic rings. The molecule has 0 saturated carbocycles. The third-order valence-corrected chi connectivity index (χ3v) is 4.77. The van der Waals surface area contributed by atoms with Gasteiger partial charge in [-0.05, 0) is 43.2 Å². The number of hydrogen-bond donors (Lipinski definition) is 1. The number of nitrogens with one attached hydrogen (secondary N) is 1. The van der Waals surface area contributed by atoms with Gasteiger partial charge in [0.25, 0.3) is 0 Å². The molecule has 1 atom stereocenters. The van der Waals surface area contributed by atoms with E-state index in [-0.39, 0.29) is 11.8 Å². The van der Waals surface area contributed by atoms with Crippen molar-refractivity contribution < 1.29 is 14.3 Å². The van der Waals surface area contributed by atoms with E-state index in [9.17, 15) is 9.59 Å². The summed E-state index contributed by atoms with van der Waals surface area (Å²) in [6.45, 7) is 1.57. The van der Waals surface area contributed by atoms with E-state index >= 15 is 0 Å². The molecule has 2 amide bonds. The summed E-state index contributed by atoms with van der Waals surface area (Å²) < 4.78 is 6.50. The van der Waals surface area contributed by atoms with E-state index in [1.165, 1.54) is 0 Å². The highest BCUT2D eigenvalue weighted by molar-refractivity contribution is 9.10. The van der Waals surface area contributed by atoms with Gasteiger partial charge in [-0.3, -0.25) is 9.59 Å². The summed E-state index contributed by atoms with van der Waals surface area (Å²) in [4.78, 5) is 26.6. The quantitative estimate of drug-likeness (QED) is 0.555. The highest BCUT2D eigenvalue weighted by Gasteiger charge is 2.37. The summed E-state index contributed by atoms with van der Waals surface area (Å²) in [5, 5.41) is 2.85. The maximum absolute atomic E-state index is 12.6. The molecule has 1 unspecified atom stereocenters. The number of para-hydroxylation sites is 1. The predicted molar refractivity (Wildman–Crippen MR) is 104 cm³/mol. The van der Waals surface area contributed by atoms with Gasteiger partial charge in [0.15, 0.2) is 0 Å². The second-order valence-electron chi connectivity index (χ2n) is 6.12. The van der Waals surface area contributed by atoms with E-state index in [4.69, 9.17) is 4.74 Å². The average Bonchev–Trinajstić information content (AvgIpc) is 3.04. The van der Waals surface area contributed by atoms with E-state index in [0.717, 1.165) is 15.9 Å². The zero-order valence-corrected chi connectivity index (χ0v) is 15.9. The molecule has 1 N–H and O–H groups in total. The highest BCUT2D eigenvalue weighted by Crippen LogP contribution is 2.27. The standard InChI is InChI=1S/C20H21BrN2O3/c21-15-6-4-7-16(14-15)23-12-10-18(20(23)25)19(24)22-11-5-13-26-17-8-2-1-3-9-17/h1-4,6-9,14,18H,5,10-13H2,(H,22,24). The van der Waals surface area contributed by atoms with Crippen LogP contribution >= 0.6 is 15.9 Å². The minimum atomic E-state index is -0.607. The monoisotopic (exact) mass is 416 g/mol. The number of anilines is 1. The number of nitrogens with zero attached hydrogens (tertiary/aromatic N) is 1. The number of halogens is 1. The normalized spacial score (nSPS) is 16.6. The van der Waals surface area contributed by atoms with Crippen LogP contribution in [-0.4, -0.2) is 31.5 Å². The number of carbonyl (C=O) groups is 2. The fourth-order valence-electron chi connectivity index (χ4n) is 2.94. The zero-order chi connectivity index (χ0) is 18.4. The molecule has 26 heavy (non-hydrogen) atoms. The first-order valence-corrected chi connectivity index (χ1v) is 9.47. The Morgan fingerprint density at radius 1 is 1.19 bits per heavy atom. The topological polar surface area (TPSA) is 58.6 Å². The van der Waals surface area contributed by atoms with Gasteiger partial charge in [-0.1, -0.05) is 40.2 Å². The van der Waals surface area contributed by atoms with E-state index in [1.807, 2.05) is 54.6 Å². The lowest BCUT2D eigenvalue weighted by Gasteiger charge is -2.17. The molecule has 2 aromatic carbocycles. The fraction of sp³-hybridized carbons (Fsp3) is 0.300. The molecular formula is C20H21BrN2O3. The van der Waals surface area contributed by atoms with Crippen molar-refractivity contribution >= 4 is 33.4 Å². The van der Waals surface area contributed by atoms with Crippen LogP contribution in [0.3, 0.4) is 0 Å². The third-order valence-electron chi connectivity index (χ3n) is 4.27. The number of ether oxygens (including phenoxy) is 1. The van der Waals surface area contributed by atoms with Gasteiger partial charge in [-0.15, -0.1) is 0 Å². The summed E-state index contributed by atoms with van der Waals surface area (Å²) in [5.74, 6) is -0.133. The molecule has 0 radical (unpaired) electrons. The minimum Gasteiger partial charge on any atom is -0.494 e. The van der Waals surface area contributed by atoms with Gasteiger partial charge in [0.1, 0.15) is 11.7 Å². The van der Waals surface area contributed by atoms with Crippen LogP contribution in [0, 0.1) is 5.92 Å². The van der Waals surface area contributed by atoms with E-state index < -0.39 is 5.92 Å². The molecule has 0 spiro atoms. The Hall–Kier alpha value is -2.34. The van der Waals surface area contributed by atoms with Crippen LogP contribution in [0.4, 0.5) is 5.69 Å². The molecule has 1 fully saturated rings. The van der Waals surface area contributed by atoms with E-state index in [2.05, 4.69) is 21.2 Å². The van der Waals surface area contributed by atoms with Crippen molar-refractivity contribution in [2.75, 3.05) is 24.6 Å². The number of amides is 2. The predicted octanol–water partition coefficient (Wildman–Crippen LogP) is 3.39. The molecule has 0 aliphatic carbocycles. The van der Waals surface area contributed by atoms with Gasteiger partial charge in [0.2, 0.25) is 11.8 Å². The third kappa shape index (κ3) is 4.64. The van der Waals surface area contributed by atoms with Crippen LogP contribution in [0.1, 0.15) is 12.8 Å². The first-order valence-electron chi connectivity index (χ1n) is 8.67. The molecular weight excluding hydrogens is 396 g/mol. The average molecular weight is 417 g/mol. The van der Waals surface area contributed by atoms with Crippen LogP contribution in [0.15, 0.2) is 59.1 Å². The molecule has 5 nitrogen and oxygen atoms in total. The maximum atomic E-state index is 12.6. The van der Waals surface area contributed by atoms with Crippen LogP contribution in [-0.2, 0) is 9.59 Å². The largest absolute Gasteiger partial charge is 0.494 e. The Kier molecular flexibility index (Phi) is 6.28. The molecule has 6 heteroatoms. The van der Waals surface area contributed by atoms with Gasteiger partial charge in [-0.25, -0.2) is 0 Å². The Labute approximate surface area is 161 Å². The first-order chi connectivity index (χ1) is 12.6. The zero-order valence-electron chi connectivity index (χ0n) is 14.4. The molecule has 1 saturated heterocycles. The Morgan fingerprint density at radius 3 is 2.77 bits per heavy atom. The number of benzene rings is 2. The summed E-state index contributed by atoms with van der Waals surface area (Å²) >= 11 is 3.41. The van der Waals surface area contributed by atoms with Gasteiger partial charge >= 0.3 is 0 Å². The van der Waals surface area contributed by atoms with Crippen molar-refractivity contribution in [1.82, 2.24) is 5.32 Å².